The largest absolute Gasteiger partial charge is 0.496 e. The Hall–Kier alpha value is -1.39. The van der Waals surface area contributed by atoms with Gasteiger partial charge in [-0.3, -0.25) is 0 Å². The molecule has 0 amide bonds. The third-order valence-corrected chi connectivity index (χ3v) is 4.37. The molecule has 0 aliphatic heterocycles. The van der Waals surface area contributed by atoms with E-state index in [1.165, 1.54) is 5.56 Å². The lowest BCUT2D eigenvalue weighted by Gasteiger charge is -2.24. The molecule has 2 atom stereocenters. The SMILES string of the molecule is CCC(NC(CC)c1ccccc1OC)c1nccs1. The molecule has 0 aliphatic rings. The van der Waals surface area contributed by atoms with Gasteiger partial charge in [-0.25, -0.2) is 4.98 Å². The molecule has 0 aliphatic carbocycles. The number of benzene rings is 1. The van der Waals surface area contributed by atoms with Crippen molar-refractivity contribution in [2.75, 3.05) is 7.11 Å². The zero-order valence-corrected chi connectivity index (χ0v) is 13.1. The number of methoxy groups -OCH3 is 1. The lowest BCUT2D eigenvalue weighted by molar-refractivity contribution is 0.380. The van der Waals surface area contributed by atoms with Crippen molar-refractivity contribution >= 4 is 11.3 Å². The zero-order chi connectivity index (χ0) is 14.4. The Bertz CT molecular complexity index is 513. The van der Waals surface area contributed by atoms with E-state index in [2.05, 4.69) is 36.3 Å². The predicted molar refractivity (Wildman–Crippen MR) is 84.3 cm³/mol. The summed E-state index contributed by atoms with van der Waals surface area (Å²) in [6.45, 7) is 4.38. The van der Waals surface area contributed by atoms with E-state index in [1.807, 2.05) is 23.7 Å². The molecular formula is C16H22N2OS. The first-order valence-corrected chi connectivity index (χ1v) is 7.96. The van der Waals surface area contributed by atoms with E-state index < -0.39 is 0 Å². The molecule has 0 bridgehead atoms. The fourth-order valence-electron chi connectivity index (χ4n) is 2.40. The molecule has 0 spiro atoms. The van der Waals surface area contributed by atoms with Crippen LogP contribution in [0.5, 0.6) is 5.75 Å². The molecule has 0 fully saturated rings. The molecule has 20 heavy (non-hydrogen) atoms. The number of nitrogens with zero attached hydrogens (tertiary/aromatic N) is 1. The highest BCUT2D eigenvalue weighted by Crippen LogP contribution is 2.30. The smallest absolute Gasteiger partial charge is 0.123 e. The monoisotopic (exact) mass is 290 g/mol. The first-order valence-electron chi connectivity index (χ1n) is 7.08. The highest BCUT2D eigenvalue weighted by atomic mass is 32.1. The summed E-state index contributed by atoms with van der Waals surface area (Å²) in [5.41, 5.74) is 1.22. The lowest BCUT2D eigenvalue weighted by atomic mass is 10.0. The molecule has 1 aromatic heterocycles. The van der Waals surface area contributed by atoms with Crippen molar-refractivity contribution in [3.8, 4) is 5.75 Å². The van der Waals surface area contributed by atoms with Crippen LogP contribution in [-0.2, 0) is 0 Å². The molecule has 2 unspecified atom stereocenters. The second-order valence-corrected chi connectivity index (χ2v) is 5.63. The maximum absolute atomic E-state index is 5.48. The summed E-state index contributed by atoms with van der Waals surface area (Å²) in [7, 11) is 1.73. The van der Waals surface area contributed by atoms with Gasteiger partial charge in [0.1, 0.15) is 10.8 Å². The van der Waals surface area contributed by atoms with Crippen LogP contribution in [0, 0.1) is 0 Å². The van der Waals surface area contributed by atoms with Crippen LogP contribution >= 0.6 is 11.3 Å². The van der Waals surface area contributed by atoms with Crippen molar-refractivity contribution in [1.82, 2.24) is 10.3 Å². The molecule has 108 valence electrons. The first-order chi connectivity index (χ1) is 9.80. The number of hydrogen-bond donors (Lipinski definition) is 1. The van der Waals surface area contributed by atoms with Gasteiger partial charge in [-0.05, 0) is 18.9 Å². The molecule has 1 heterocycles. The third kappa shape index (κ3) is 3.38. The van der Waals surface area contributed by atoms with Gasteiger partial charge in [-0.2, -0.15) is 0 Å². The van der Waals surface area contributed by atoms with Gasteiger partial charge in [0.2, 0.25) is 0 Å². The maximum Gasteiger partial charge on any atom is 0.123 e. The number of ether oxygens (including phenoxy) is 1. The van der Waals surface area contributed by atoms with Crippen molar-refractivity contribution in [3.63, 3.8) is 0 Å². The van der Waals surface area contributed by atoms with Crippen LogP contribution in [0.3, 0.4) is 0 Å². The van der Waals surface area contributed by atoms with Crippen molar-refractivity contribution < 1.29 is 4.74 Å². The first kappa shape index (κ1) is 15.0. The summed E-state index contributed by atoms with van der Waals surface area (Å²) < 4.78 is 5.48. The number of hydrogen-bond acceptors (Lipinski definition) is 4. The second-order valence-electron chi connectivity index (χ2n) is 4.70. The predicted octanol–water partition coefficient (Wildman–Crippen LogP) is 4.34. The lowest BCUT2D eigenvalue weighted by Crippen LogP contribution is -2.26. The van der Waals surface area contributed by atoms with Crippen LogP contribution < -0.4 is 10.1 Å². The number of nitrogens with one attached hydrogen (secondary N) is 1. The average Bonchev–Trinajstić information content (AvgIpc) is 3.03. The van der Waals surface area contributed by atoms with E-state index in [4.69, 9.17) is 4.74 Å². The van der Waals surface area contributed by atoms with Crippen molar-refractivity contribution in [1.29, 1.82) is 0 Å². The summed E-state index contributed by atoms with van der Waals surface area (Å²) in [6.07, 6.45) is 3.91. The normalized spacial score (nSPS) is 13.9. The number of thiazole rings is 1. The Morgan fingerprint density at radius 2 is 1.95 bits per heavy atom. The summed E-state index contributed by atoms with van der Waals surface area (Å²) in [5.74, 6) is 0.945. The fraction of sp³-hybridized carbons (Fsp3) is 0.438. The molecule has 1 aromatic carbocycles. The highest BCUT2D eigenvalue weighted by Gasteiger charge is 2.19. The van der Waals surface area contributed by atoms with E-state index in [1.54, 1.807) is 18.4 Å². The Balaban J connectivity index is 2.19. The molecule has 0 saturated carbocycles. The average molecular weight is 290 g/mol. The van der Waals surface area contributed by atoms with E-state index in [-0.39, 0.29) is 6.04 Å². The van der Waals surface area contributed by atoms with Gasteiger partial charge in [0.25, 0.3) is 0 Å². The maximum atomic E-state index is 5.48. The molecule has 3 nitrogen and oxygen atoms in total. The highest BCUT2D eigenvalue weighted by molar-refractivity contribution is 7.09. The Morgan fingerprint density at radius 3 is 2.55 bits per heavy atom. The summed E-state index contributed by atoms with van der Waals surface area (Å²) in [6, 6.07) is 8.79. The van der Waals surface area contributed by atoms with Crippen LogP contribution in [0.4, 0.5) is 0 Å². The van der Waals surface area contributed by atoms with Crippen molar-refractivity contribution in [3.05, 3.63) is 46.4 Å². The minimum atomic E-state index is 0.278. The Morgan fingerprint density at radius 1 is 1.20 bits per heavy atom. The number of para-hydroxylation sites is 1. The van der Waals surface area contributed by atoms with E-state index in [0.717, 1.165) is 23.6 Å². The molecule has 1 N–H and O–H groups in total. The van der Waals surface area contributed by atoms with Crippen LogP contribution in [-0.4, -0.2) is 12.1 Å². The van der Waals surface area contributed by atoms with Crippen LogP contribution in [0.25, 0.3) is 0 Å². The summed E-state index contributed by atoms with van der Waals surface area (Å²) >= 11 is 1.71. The molecule has 0 radical (unpaired) electrons. The van der Waals surface area contributed by atoms with Gasteiger partial charge in [-0.1, -0.05) is 32.0 Å². The third-order valence-electron chi connectivity index (χ3n) is 3.48. The van der Waals surface area contributed by atoms with Crippen LogP contribution in [0.2, 0.25) is 0 Å². The fourth-order valence-corrected chi connectivity index (χ4v) is 3.18. The molecule has 2 aromatic rings. The second kappa shape index (κ2) is 7.41. The van der Waals surface area contributed by atoms with Gasteiger partial charge >= 0.3 is 0 Å². The van der Waals surface area contributed by atoms with Gasteiger partial charge in [-0.15, -0.1) is 11.3 Å². The molecule has 2 rings (SSSR count). The quantitative estimate of drug-likeness (QED) is 0.823. The van der Waals surface area contributed by atoms with Crippen LogP contribution in [0.1, 0.15) is 49.3 Å². The van der Waals surface area contributed by atoms with Gasteiger partial charge < -0.3 is 10.1 Å². The van der Waals surface area contributed by atoms with E-state index in [0.29, 0.717) is 6.04 Å². The minimum Gasteiger partial charge on any atom is -0.496 e. The van der Waals surface area contributed by atoms with E-state index >= 15 is 0 Å². The Kier molecular flexibility index (Phi) is 5.56. The van der Waals surface area contributed by atoms with Gasteiger partial charge in [0.05, 0.1) is 13.2 Å². The van der Waals surface area contributed by atoms with Gasteiger partial charge in [0.15, 0.2) is 0 Å². The zero-order valence-electron chi connectivity index (χ0n) is 12.3. The molecular weight excluding hydrogens is 268 g/mol. The van der Waals surface area contributed by atoms with E-state index in [9.17, 15) is 0 Å². The topological polar surface area (TPSA) is 34.1 Å². The summed E-state index contributed by atoms with van der Waals surface area (Å²) in [5, 5.41) is 6.90. The van der Waals surface area contributed by atoms with Crippen molar-refractivity contribution in [2.45, 2.75) is 38.8 Å². The minimum absolute atomic E-state index is 0.278. The summed E-state index contributed by atoms with van der Waals surface area (Å²) in [4.78, 5) is 4.44. The van der Waals surface area contributed by atoms with Crippen molar-refractivity contribution in [2.24, 2.45) is 0 Å². The number of rotatable bonds is 7. The molecule has 0 saturated heterocycles. The standard InChI is InChI=1S/C16H22N2OS/c1-4-13(12-8-6-7-9-15(12)19-3)18-14(5-2)16-17-10-11-20-16/h6-11,13-14,18H,4-5H2,1-3H3. The molecule has 4 heteroatoms. The number of aromatic nitrogens is 1. The van der Waals surface area contributed by atoms with Gasteiger partial charge in [0, 0.05) is 23.2 Å². The van der Waals surface area contributed by atoms with Crippen LogP contribution in [0.15, 0.2) is 35.8 Å². The Labute approximate surface area is 125 Å².